The van der Waals surface area contributed by atoms with Crippen LogP contribution in [-0.2, 0) is 6.54 Å². The number of rotatable bonds is 5. The molecule has 0 fully saturated rings. The van der Waals surface area contributed by atoms with Crippen molar-refractivity contribution in [1.29, 1.82) is 0 Å². The molecule has 7 nitrogen and oxygen atoms in total. The first-order valence-corrected chi connectivity index (χ1v) is 7.93. The lowest BCUT2D eigenvalue weighted by molar-refractivity contribution is -0.385. The summed E-state index contributed by atoms with van der Waals surface area (Å²) in [6, 6.07) is 11.1. The number of nitro groups is 1. The zero-order valence-electron chi connectivity index (χ0n) is 13.7. The van der Waals surface area contributed by atoms with Crippen molar-refractivity contribution in [3.63, 3.8) is 0 Å². The van der Waals surface area contributed by atoms with Crippen molar-refractivity contribution in [2.45, 2.75) is 6.54 Å². The molecule has 0 radical (unpaired) electrons. The number of halogens is 1. The van der Waals surface area contributed by atoms with Crippen LogP contribution in [0.3, 0.4) is 0 Å². The monoisotopic (exact) mass is 357 g/mol. The number of para-hydroxylation sites is 1. The summed E-state index contributed by atoms with van der Waals surface area (Å²) < 4.78 is 0. The molecule has 0 spiro atoms. The van der Waals surface area contributed by atoms with Gasteiger partial charge in [-0.3, -0.25) is 10.1 Å². The van der Waals surface area contributed by atoms with E-state index < -0.39 is 4.92 Å². The zero-order valence-corrected chi connectivity index (χ0v) is 14.5. The van der Waals surface area contributed by atoms with E-state index in [1.807, 2.05) is 49.3 Å². The van der Waals surface area contributed by atoms with Gasteiger partial charge in [0, 0.05) is 32.1 Å². The van der Waals surface area contributed by atoms with Gasteiger partial charge in [0.1, 0.15) is 17.8 Å². The fourth-order valence-corrected chi connectivity index (χ4v) is 2.67. The van der Waals surface area contributed by atoms with Gasteiger partial charge in [-0.2, -0.15) is 0 Å². The summed E-state index contributed by atoms with van der Waals surface area (Å²) >= 11 is 6.09. The predicted molar refractivity (Wildman–Crippen MR) is 99.3 cm³/mol. The lowest BCUT2D eigenvalue weighted by atomic mass is 10.1. The van der Waals surface area contributed by atoms with E-state index in [9.17, 15) is 10.1 Å². The molecule has 25 heavy (non-hydrogen) atoms. The van der Waals surface area contributed by atoms with Gasteiger partial charge in [0.05, 0.1) is 15.5 Å². The van der Waals surface area contributed by atoms with Crippen molar-refractivity contribution in [2.75, 3.05) is 24.3 Å². The summed E-state index contributed by atoms with van der Waals surface area (Å²) in [5, 5.41) is 15.1. The third-order valence-corrected chi connectivity index (χ3v) is 4.02. The molecule has 0 saturated carbocycles. The van der Waals surface area contributed by atoms with Crippen LogP contribution < -0.4 is 10.2 Å². The van der Waals surface area contributed by atoms with E-state index in [0.717, 1.165) is 22.3 Å². The SMILES string of the molecule is CN(C)c1cc(CNc2ncc([N+](=O)[O-])cc2Cl)c2ccccc2n1. The van der Waals surface area contributed by atoms with Crippen molar-refractivity contribution in [1.82, 2.24) is 9.97 Å². The third-order valence-electron chi connectivity index (χ3n) is 3.73. The molecular formula is C17H16ClN5O2. The van der Waals surface area contributed by atoms with Gasteiger partial charge < -0.3 is 10.2 Å². The fraction of sp³-hybridized carbons (Fsp3) is 0.176. The number of aromatic nitrogens is 2. The van der Waals surface area contributed by atoms with Crippen LogP contribution in [0.2, 0.25) is 5.02 Å². The van der Waals surface area contributed by atoms with Gasteiger partial charge in [-0.15, -0.1) is 0 Å². The second kappa shape index (κ2) is 6.90. The molecule has 0 aliphatic carbocycles. The molecule has 0 aliphatic heterocycles. The fourth-order valence-electron chi connectivity index (χ4n) is 2.44. The van der Waals surface area contributed by atoms with Crippen LogP contribution in [0.4, 0.5) is 17.3 Å². The van der Waals surface area contributed by atoms with Gasteiger partial charge in [0.25, 0.3) is 5.69 Å². The number of nitrogens with zero attached hydrogens (tertiary/aromatic N) is 4. The third kappa shape index (κ3) is 3.61. The van der Waals surface area contributed by atoms with E-state index in [1.54, 1.807) is 0 Å². The number of fused-ring (bicyclic) bond motifs is 1. The molecule has 3 aromatic rings. The maximum atomic E-state index is 10.8. The summed E-state index contributed by atoms with van der Waals surface area (Å²) in [4.78, 5) is 20.8. The average Bonchev–Trinajstić information content (AvgIpc) is 2.60. The Bertz CT molecular complexity index is 945. The Morgan fingerprint density at radius 3 is 2.72 bits per heavy atom. The standard InChI is InChI=1S/C17H16ClN5O2/c1-22(2)16-7-11(13-5-3-4-6-15(13)21-16)9-19-17-14(18)8-12(10-20-17)23(24)25/h3-8,10H,9H2,1-2H3,(H,19,20). The highest BCUT2D eigenvalue weighted by atomic mass is 35.5. The first-order valence-electron chi connectivity index (χ1n) is 7.55. The maximum Gasteiger partial charge on any atom is 0.289 e. The van der Waals surface area contributed by atoms with Crippen LogP contribution in [0, 0.1) is 10.1 Å². The van der Waals surface area contributed by atoms with Crippen molar-refractivity contribution in [3.05, 3.63) is 63.3 Å². The highest BCUT2D eigenvalue weighted by Gasteiger charge is 2.12. The molecule has 1 aromatic carbocycles. The molecule has 2 aromatic heterocycles. The van der Waals surface area contributed by atoms with Gasteiger partial charge in [-0.25, -0.2) is 9.97 Å². The summed E-state index contributed by atoms with van der Waals surface area (Å²) in [6.45, 7) is 0.467. The molecule has 8 heteroatoms. The number of nitrogens with one attached hydrogen (secondary N) is 1. The second-order valence-electron chi connectivity index (χ2n) is 5.69. The first kappa shape index (κ1) is 16.9. The Labute approximate surface area is 149 Å². The van der Waals surface area contributed by atoms with Crippen LogP contribution in [0.25, 0.3) is 10.9 Å². The quantitative estimate of drug-likeness (QED) is 0.551. The summed E-state index contributed by atoms with van der Waals surface area (Å²) in [5.41, 5.74) is 1.79. The second-order valence-corrected chi connectivity index (χ2v) is 6.09. The maximum absolute atomic E-state index is 10.8. The van der Waals surface area contributed by atoms with Crippen LogP contribution in [0.15, 0.2) is 42.6 Å². The summed E-state index contributed by atoms with van der Waals surface area (Å²) in [7, 11) is 3.87. The summed E-state index contributed by atoms with van der Waals surface area (Å²) in [6.07, 6.45) is 1.18. The average molecular weight is 358 g/mol. The van der Waals surface area contributed by atoms with Crippen LogP contribution in [0.5, 0.6) is 0 Å². The van der Waals surface area contributed by atoms with Gasteiger partial charge in [0.2, 0.25) is 0 Å². The molecule has 0 aliphatic rings. The molecule has 0 bridgehead atoms. The van der Waals surface area contributed by atoms with Crippen LogP contribution in [0.1, 0.15) is 5.56 Å². The highest BCUT2D eigenvalue weighted by molar-refractivity contribution is 6.33. The number of anilines is 2. The van der Waals surface area contributed by atoms with E-state index in [1.165, 1.54) is 12.3 Å². The largest absolute Gasteiger partial charge is 0.365 e. The van der Waals surface area contributed by atoms with E-state index in [2.05, 4.69) is 15.3 Å². The van der Waals surface area contributed by atoms with E-state index in [4.69, 9.17) is 11.6 Å². The molecule has 128 valence electrons. The smallest absolute Gasteiger partial charge is 0.289 e. The number of hydrogen-bond acceptors (Lipinski definition) is 6. The van der Waals surface area contributed by atoms with Crippen molar-refractivity contribution < 1.29 is 4.92 Å². The molecule has 0 unspecified atom stereocenters. The Hall–Kier alpha value is -2.93. The van der Waals surface area contributed by atoms with Gasteiger partial charge in [0.15, 0.2) is 0 Å². The molecular weight excluding hydrogens is 342 g/mol. The minimum atomic E-state index is -0.525. The predicted octanol–water partition coefficient (Wildman–Crippen LogP) is 3.87. The zero-order chi connectivity index (χ0) is 18.0. The molecule has 1 N–H and O–H groups in total. The molecule has 0 atom stereocenters. The minimum absolute atomic E-state index is 0.139. The Balaban J connectivity index is 1.92. The first-order chi connectivity index (χ1) is 12.0. The van der Waals surface area contributed by atoms with Crippen molar-refractivity contribution in [3.8, 4) is 0 Å². The van der Waals surface area contributed by atoms with Gasteiger partial charge in [-0.05, 0) is 17.7 Å². The van der Waals surface area contributed by atoms with Crippen molar-refractivity contribution >= 4 is 39.8 Å². The molecule has 3 rings (SSSR count). The Morgan fingerprint density at radius 1 is 1.28 bits per heavy atom. The Morgan fingerprint density at radius 2 is 2.04 bits per heavy atom. The normalized spacial score (nSPS) is 10.7. The number of pyridine rings is 2. The lowest BCUT2D eigenvalue weighted by Crippen LogP contribution is -2.12. The molecule has 0 amide bonds. The minimum Gasteiger partial charge on any atom is -0.365 e. The lowest BCUT2D eigenvalue weighted by Gasteiger charge is -2.16. The Kier molecular flexibility index (Phi) is 4.67. The van der Waals surface area contributed by atoms with Gasteiger partial charge >= 0.3 is 0 Å². The summed E-state index contributed by atoms with van der Waals surface area (Å²) in [5.74, 6) is 1.25. The highest BCUT2D eigenvalue weighted by Crippen LogP contribution is 2.26. The van der Waals surface area contributed by atoms with Crippen molar-refractivity contribution in [2.24, 2.45) is 0 Å². The van der Waals surface area contributed by atoms with Crippen LogP contribution >= 0.6 is 11.6 Å². The van der Waals surface area contributed by atoms with E-state index >= 15 is 0 Å². The van der Waals surface area contributed by atoms with E-state index in [0.29, 0.717) is 12.4 Å². The topological polar surface area (TPSA) is 84.2 Å². The molecule has 0 saturated heterocycles. The van der Waals surface area contributed by atoms with Gasteiger partial charge in [-0.1, -0.05) is 29.8 Å². The van der Waals surface area contributed by atoms with E-state index in [-0.39, 0.29) is 10.7 Å². The molecule has 2 heterocycles. The number of hydrogen-bond donors (Lipinski definition) is 1. The van der Waals surface area contributed by atoms with Crippen LogP contribution in [-0.4, -0.2) is 29.0 Å². The number of benzene rings is 1.